The zero-order valence-corrected chi connectivity index (χ0v) is 6.18. The van der Waals surface area contributed by atoms with Crippen LogP contribution in [0.25, 0.3) is 0 Å². The molecular formula is C8H14O2. The van der Waals surface area contributed by atoms with Crippen LogP contribution in [0.3, 0.4) is 0 Å². The highest BCUT2D eigenvalue weighted by atomic mass is 16.3. The van der Waals surface area contributed by atoms with Crippen LogP contribution in [-0.4, -0.2) is 17.5 Å². The van der Waals surface area contributed by atoms with Crippen LogP contribution in [0.5, 0.6) is 0 Å². The van der Waals surface area contributed by atoms with Crippen molar-refractivity contribution in [1.29, 1.82) is 0 Å². The van der Waals surface area contributed by atoms with Gasteiger partial charge in [0.05, 0.1) is 0 Å². The Balaban J connectivity index is 2.25. The summed E-state index contributed by atoms with van der Waals surface area (Å²) >= 11 is 0. The molecule has 0 bridgehead atoms. The van der Waals surface area contributed by atoms with Crippen molar-refractivity contribution >= 4 is 5.78 Å². The molecule has 2 heteroatoms. The van der Waals surface area contributed by atoms with Gasteiger partial charge in [-0.25, -0.2) is 0 Å². The van der Waals surface area contributed by atoms with Crippen LogP contribution in [0.4, 0.5) is 0 Å². The van der Waals surface area contributed by atoms with Gasteiger partial charge in [-0.2, -0.15) is 0 Å². The summed E-state index contributed by atoms with van der Waals surface area (Å²) in [6, 6.07) is 0. The number of carbonyl (C=O) groups excluding carboxylic acids is 1. The zero-order valence-electron chi connectivity index (χ0n) is 6.18. The molecule has 0 radical (unpaired) electrons. The fourth-order valence-electron chi connectivity index (χ4n) is 1.54. The molecule has 1 saturated carbocycles. The molecule has 1 aliphatic carbocycles. The molecule has 58 valence electrons. The van der Waals surface area contributed by atoms with Crippen molar-refractivity contribution in [3.05, 3.63) is 0 Å². The Hall–Kier alpha value is -0.370. The minimum atomic E-state index is 0.234. The Morgan fingerprint density at radius 3 is 3.00 bits per heavy atom. The molecule has 0 amide bonds. The van der Waals surface area contributed by atoms with Gasteiger partial charge < -0.3 is 5.11 Å². The van der Waals surface area contributed by atoms with Crippen molar-refractivity contribution in [3.8, 4) is 0 Å². The average molecular weight is 142 g/mol. The maximum Gasteiger partial charge on any atom is 0.133 e. The van der Waals surface area contributed by atoms with E-state index in [0.29, 0.717) is 18.1 Å². The van der Waals surface area contributed by atoms with Crippen LogP contribution in [-0.2, 0) is 4.79 Å². The van der Waals surface area contributed by atoms with Gasteiger partial charge in [-0.15, -0.1) is 0 Å². The van der Waals surface area contributed by atoms with Gasteiger partial charge >= 0.3 is 0 Å². The summed E-state index contributed by atoms with van der Waals surface area (Å²) in [5, 5.41) is 8.59. The average Bonchev–Trinajstić information content (AvgIpc) is 1.88. The SMILES string of the molecule is O=C1CCCC(CCO)C1. The number of rotatable bonds is 2. The first kappa shape index (κ1) is 7.73. The van der Waals surface area contributed by atoms with Crippen LogP contribution in [0.1, 0.15) is 32.1 Å². The lowest BCUT2D eigenvalue weighted by Crippen LogP contribution is -2.15. The molecule has 1 fully saturated rings. The Kier molecular flexibility index (Phi) is 2.87. The Morgan fingerprint density at radius 2 is 2.40 bits per heavy atom. The molecule has 2 nitrogen and oxygen atoms in total. The maximum atomic E-state index is 10.9. The third kappa shape index (κ3) is 2.10. The molecular weight excluding hydrogens is 128 g/mol. The first-order valence-corrected chi connectivity index (χ1v) is 3.95. The van der Waals surface area contributed by atoms with Crippen LogP contribution < -0.4 is 0 Å². The quantitative estimate of drug-likeness (QED) is 0.627. The third-order valence-corrected chi connectivity index (χ3v) is 2.12. The van der Waals surface area contributed by atoms with Crippen LogP contribution >= 0.6 is 0 Å². The van der Waals surface area contributed by atoms with Gasteiger partial charge in [-0.05, 0) is 25.2 Å². The molecule has 0 heterocycles. The maximum absolute atomic E-state index is 10.9. The van der Waals surface area contributed by atoms with Crippen molar-refractivity contribution < 1.29 is 9.90 Å². The van der Waals surface area contributed by atoms with Gasteiger partial charge in [0.25, 0.3) is 0 Å². The van der Waals surface area contributed by atoms with E-state index in [-0.39, 0.29) is 6.61 Å². The first-order valence-electron chi connectivity index (χ1n) is 3.95. The van der Waals surface area contributed by atoms with Crippen LogP contribution in [0.2, 0.25) is 0 Å². The van der Waals surface area contributed by atoms with Crippen molar-refractivity contribution in [3.63, 3.8) is 0 Å². The molecule has 10 heavy (non-hydrogen) atoms. The number of ketones is 1. The van der Waals surface area contributed by atoms with E-state index in [4.69, 9.17) is 5.11 Å². The summed E-state index contributed by atoms with van der Waals surface area (Å²) < 4.78 is 0. The Bertz CT molecular complexity index is 118. The highest BCUT2D eigenvalue weighted by Crippen LogP contribution is 2.23. The summed E-state index contributed by atoms with van der Waals surface area (Å²) in [6.45, 7) is 0.234. The standard InChI is InChI=1S/C8H14O2/c9-5-4-7-2-1-3-8(10)6-7/h7,9H,1-6H2. The lowest BCUT2D eigenvalue weighted by Gasteiger charge is -2.19. The summed E-state index contributed by atoms with van der Waals surface area (Å²) in [5.41, 5.74) is 0. The number of hydrogen-bond donors (Lipinski definition) is 1. The van der Waals surface area contributed by atoms with Gasteiger partial charge in [0.15, 0.2) is 0 Å². The monoisotopic (exact) mass is 142 g/mol. The first-order chi connectivity index (χ1) is 4.83. The number of carbonyl (C=O) groups is 1. The number of Topliss-reactive ketones (excluding diaryl/α,β-unsaturated/α-hetero) is 1. The van der Waals surface area contributed by atoms with E-state index >= 15 is 0 Å². The highest BCUT2D eigenvalue weighted by molar-refractivity contribution is 5.79. The van der Waals surface area contributed by atoms with Gasteiger partial charge in [0.2, 0.25) is 0 Å². The topological polar surface area (TPSA) is 37.3 Å². The summed E-state index contributed by atoms with van der Waals surface area (Å²) in [6.07, 6.45) is 4.45. The molecule has 0 aromatic rings. The molecule has 1 rings (SSSR count). The molecule has 0 aliphatic heterocycles. The second-order valence-electron chi connectivity index (χ2n) is 3.01. The van der Waals surface area contributed by atoms with E-state index in [9.17, 15) is 4.79 Å². The minimum Gasteiger partial charge on any atom is -0.396 e. The lowest BCUT2D eigenvalue weighted by molar-refractivity contribution is -0.121. The van der Waals surface area contributed by atoms with E-state index in [1.54, 1.807) is 0 Å². The predicted molar refractivity (Wildman–Crippen MR) is 38.7 cm³/mol. The molecule has 0 aromatic carbocycles. The molecule has 1 atom stereocenters. The normalized spacial score (nSPS) is 26.9. The largest absolute Gasteiger partial charge is 0.396 e. The second-order valence-corrected chi connectivity index (χ2v) is 3.01. The summed E-state index contributed by atoms with van der Waals surface area (Å²) in [5.74, 6) is 0.857. The minimum absolute atomic E-state index is 0.234. The van der Waals surface area contributed by atoms with E-state index in [1.165, 1.54) is 0 Å². The smallest absolute Gasteiger partial charge is 0.133 e. The predicted octanol–water partition coefficient (Wildman–Crippen LogP) is 1.13. The number of aliphatic hydroxyl groups excluding tert-OH is 1. The third-order valence-electron chi connectivity index (χ3n) is 2.12. The van der Waals surface area contributed by atoms with E-state index < -0.39 is 0 Å². The van der Waals surface area contributed by atoms with E-state index in [0.717, 1.165) is 25.7 Å². The zero-order chi connectivity index (χ0) is 7.40. The molecule has 1 unspecified atom stereocenters. The van der Waals surface area contributed by atoms with E-state index in [1.807, 2.05) is 0 Å². The van der Waals surface area contributed by atoms with Crippen molar-refractivity contribution in [1.82, 2.24) is 0 Å². The second kappa shape index (κ2) is 3.71. The summed E-state index contributed by atoms with van der Waals surface area (Å²) in [4.78, 5) is 10.9. The number of hydrogen-bond acceptors (Lipinski definition) is 2. The van der Waals surface area contributed by atoms with Crippen LogP contribution in [0, 0.1) is 5.92 Å². The van der Waals surface area contributed by atoms with E-state index in [2.05, 4.69) is 0 Å². The lowest BCUT2D eigenvalue weighted by atomic mass is 9.86. The molecule has 1 N–H and O–H groups in total. The van der Waals surface area contributed by atoms with Crippen LogP contribution in [0.15, 0.2) is 0 Å². The number of aliphatic hydroxyl groups is 1. The fourth-order valence-corrected chi connectivity index (χ4v) is 1.54. The fraction of sp³-hybridized carbons (Fsp3) is 0.875. The van der Waals surface area contributed by atoms with Crippen molar-refractivity contribution in [2.45, 2.75) is 32.1 Å². The van der Waals surface area contributed by atoms with Gasteiger partial charge in [-0.3, -0.25) is 4.79 Å². The van der Waals surface area contributed by atoms with Gasteiger partial charge in [0, 0.05) is 19.4 Å². The van der Waals surface area contributed by atoms with Crippen molar-refractivity contribution in [2.24, 2.45) is 5.92 Å². The molecule has 1 aliphatic rings. The highest BCUT2D eigenvalue weighted by Gasteiger charge is 2.18. The Morgan fingerprint density at radius 1 is 1.60 bits per heavy atom. The molecule has 0 spiro atoms. The van der Waals surface area contributed by atoms with Gasteiger partial charge in [0.1, 0.15) is 5.78 Å². The molecule has 0 aromatic heterocycles. The van der Waals surface area contributed by atoms with Gasteiger partial charge in [-0.1, -0.05) is 0 Å². The Labute approximate surface area is 61.2 Å². The summed E-state index contributed by atoms with van der Waals surface area (Å²) in [7, 11) is 0. The van der Waals surface area contributed by atoms with Crippen molar-refractivity contribution in [2.75, 3.05) is 6.61 Å². The molecule has 0 saturated heterocycles.